The van der Waals surface area contributed by atoms with E-state index in [1.807, 2.05) is 22.7 Å². The van der Waals surface area contributed by atoms with E-state index in [9.17, 15) is 0 Å². The van der Waals surface area contributed by atoms with Crippen LogP contribution in [0.3, 0.4) is 0 Å². The molecule has 1 aliphatic carbocycles. The van der Waals surface area contributed by atoms with Gasteiger partial charge in [-0.2, -0.15) is 0 Å². The van der Waals surface area contributed by atoms with Gasteiger partial charge in [0.15, 0.2) is 0 Å². The molecule has 0 bridgehead atoms. The maximum atomic E-state index is 3.73. The topological polar surface area (TPSA) is 12.0 Å². The van der Waals surface area contributed by atoms with Gasteiger partial charge >= 0.3 is 0 Å². The number of hydrogen-bond acceptors (Lipinski definition) is 3. The van der Waals surface area contributed by atoms with Crippen LogP contribution in [0.15, 0.2) is 25.8 Å². The second-order valence-electron chi connectivity index (χ2n) is 4.78. The van der Waals surface area contributed by atoms with Crippen LogP contribution >= 0.6 is 54.5 Å². The molecular weight excluding hydrogens is 406 g/mol. The standard InChI is InChI=1S/C14H15Br2NS2/c15-13-5-4-9(18-13)6-7-17-11-2-1-3-12-10(11)8-14(16)19-12/h4-5,8,11,17H,1-3,6-7H2. The Labute approximate surface area is 138 Å². The van der Waals surface area contributed by atoms with Crippen LogP contribution in [0.2, 0.25) is 0 Å². The second-order valence-corrected chi connectivity index (χ2v) is 9.85. The van der Waals surface area contributed by atoms with Crippen molar-refractivity contribution in [2.75, 3.05) is 6.54 Å². The first-order valence-corrected chi connectivity index (χ1v) is 9.70. The van der Waals surface area contributed by atoms with Crippen molar-refractivity contribution in [3.05, 3.63) is 41.1 Å². The lowest BCUT2D eigenvalue weighted by Gasteiger charge is -2.23. The molecule has 2 aromatic rings. The number of thiophene rings is 2. The molecule has 5 heteroatoms. The summed E-state index contributed by atoms with van der Waals surface area (Å²) in [6.45, 7) is 1.06. The Morgan fingerprint density at radius 1 is 1.21 bits per heavy atom. The molecule has 1 aliphatic rings. The van der Waals surface area contributed by atoms with Crippen LogP contribution in [0.1, 0.15) is 34.2 Å². The van der Waals surface area contributed by atoms with Crippen molar-refractivity contribution >= 4 is 54.5 Å². The van der Waals surface area contributed by atoms with Crippen LogP contribution in [0.25, 0.3) is 0 Å². The maximum absolute atomic E-state index is 3.73. The Bertz CT molecular complexity index is 562. The number of halogens is 2. The molecule has 0 spiro atoms. The molecular formula is C14H15Br2NS2. The Morgan fingerprint density at radius 3 is 2.89 bits per heavy atom. The lowest BCUT2D eigenvalue weighted by atomic mass is 9.94. The van der Waals surface area contributed by atoms with E-state index in [0.29, 0.717) is 6.04 Å². The van der Waals surface area contributed by atoms with Gasteiger partial charge in [0.25, 0.3) is 0 Å². The van der Waals surface area contributed by atoms with Crippen LogP contribution in [0.5, 0.6) is 0 Å². The normalized spacial score (nSPS) is 18.5. The molecule has 0 aliphatic heterocycles. The SMILES string of the molecule is Brc1ccc(CCNC2CCCc3sc(Br)cc32)s1. The van der Waals surface area contributed by atoms with E-state index in [-0.39, 0.29) is 0 Å². The summed E-state index contributed by atoms with van der Waals surface area (Å²) in [5.41, 5.74) is 1.52. The van der Waals surface area contributed by atoms with E-state index in [1.165, 1.54) is 37.3 Å². The minimum absolute atomic E-state index is 0.551. The van der Waals surface area contributed by atoms with Crippen molar-refractivity contribution < 1.29 is 0 Å². The van der Waals surface area contributed by atoms with Crippen molar-refractivity contribution in [1.29, 1.82) is 0 Å². The summed E-state index contributed by atoms with van der Waals surface area (Å²) >= 11 is 10.9. The van der Waals surface area contributed by atoms with Gasteiger partial charge in [-0.25, -0.2) is 0 Å². The fourth-order valence-electron chi connectivity index (χ4n) is 2.59. The van der Waals surface area contributed by atoms with Gasteiger partial charge in [0, 0.05) is 22.3 Å². The highest BCUT2D eigenvalue weighted by Crippen LogP contribution is 2.37. The van der Waals surface area contributed by atoms with Crippen LogP contribution in [0, 0.1) is 0 Å². The lowest BCUT2D eigenvalue weighted by Crippen LogP contribution is -2.26. The van der Waals surface area contributed by atoms with Gasteiger partial charge in [0.1, 0.15) is 0 Å². The summed E-state index contributed by atoms with van der Waals surface area (Å²) in [7, 11) is 0. The van der Waals surface area contributed by atoms with E-state index < -0.39 is 0 Å². The molecule has 1 N–H and O–H groups in total. The van der Waals surface area contributed by atoms with Gasteiger partial charge in [0.2, 0.25) is 0 Å². The number of nitrogens with one attached hydrogen (secondary N) is 1. The summed E-state index contributed by atoms with van der Waals surface area (Å²) in [5.74, 6) is 0. The van der Waals surface area contributed by atoms with Crippen molar-refractivity contribution in [1.82, 2.24) is 5.32 Å². The van der Waals surface area contributed by atoms with E-state index in [2.05, 4.69) is 55.4 Å². The summed E-state index contributed by atoms with van der Waals surface area (Å²) in [6.07, 6.45) is 4.95. The van der Waals surface area contributed by atoms with E-state index in [1.54, 1.807) is 4.88 Å². The number of rotatable bonds is 4. The predicted molar refractivity (Wildman–Crippen MR) is 91.4 cm³/mol. The average molecular weight is 421 g/mol. The Balaban J connectivity index is 1.59. The van der Waals surface area contributed by atoms with Crippen molar-refractivity contribution in [2.45, 2.75) is 31.7 Å². The third-order valence-corrected chi connectivity index (χ3v) is 6.87. The van der Waals surface area contributed by atoms with Gasteiger partial charge in [-0.15, -0.1) is 22.7 Å². The highest BCUT2D eigenvalue weighted by atomic mass is 79.9. The minimum atomic E-state index is 0.551. The highest BCUT2D eigenvalue weighted by molar-refractivity contribution is 9.11. The first kappa shape index (κ1) is 14.3. The van der Waals surface area contributed by atoms with E-state index in [0.717, 1.165) is 13.0 Å². The summed E-state index contributed by atoms with van der Waals surface area (Å²) < 4.78 is 2.50. The Kier molecular flexibility index (Phi) is 4.80. The second kappa shape index (κ2) is 6.39. The molecule has 1 unspecified atom stereocenters. The zero-order chi connectivity index (χ0) is 13.2. The molecule has 0 saturated heterocycles. The molecule has 1 atom stereocenters. The molecule has 0 aromatic carbocycles. The third-order valence-electron chi connectivity index (χ3n) is 3.47. The summed E-state index contributed by atoms with van der Waals surface area (Å²) in [6, 6.07) is 7.20. The quantitative estimate of drug-likeness (QED) is 0.684. The molecule has 102 valence electrons. The Hall–Kier alpha value is 0.320. The fourth-order valence-corrected chi connectivity index (χ4v) is 5.89. The first-order chi connectivity index (χ1) is 9.22. The summed E-state index contributed by atoms with van der Waals surface area (Å²) in [5, 5.41) is 3.73. The van der Waals surface area contributed by atoms with Crippen LogP contribution in [-0.4, -0.2) is 6.54 Å². The van der Waals surface area contributed by atoms with E-state index >= 15 is 0 Å². The summed E-state index contributed by atoms with van der Waals surface area (Å²) in [4.78, 5) is 3.01. The molecule has 2 heterocycles. The van der Waals surface area contributed by atoms with Crippen LogP contribution < -0.4 is 5.32 Å². The molecule has 0 radical (unpaired) electrons. The molecule has 2 aromatic heterocycles. The van der Waals surface area contributed by atoms with Gasteiger partial charge in [-0.1, -0.05) is 0 Å². The number of hydrogen-bond donors (Lipinski definition) is 1. The largest absolute Gasteiger partial charge is 0.310 e. The van der Waals surface area contributed by atoms with Gasteiger partial charge in [-0.3, -0.25) is 0 Å². The van der Waals surface area contributed by atoms with Gasteiger partial charge in [0.05, 0.1) is 7.57 Å². The molecule has 19 heavy (non-hydrogen) atoms. The minimum Gasteiger partial charge on any atom is -0.310 e. The monoisotopic (exact) mass is 419 g/mol. The molecule has 3 rings (SSSR count). The van der Waals surface area contributed by atoms with Crippen molar-refractivity contribution in [2.24, 2.45) is 0 Å². The first-order valence-electron chi connectivity index (χ1n) is 6.48. The van der Waals surface area contributed by atoms with E-state index in [4.69, 9.17) is 0 Å². The van der Waals surface area contributed by atoms with Crippen LogP contribution in [-0.2, 0) is 12.8 Å². The smallest absolute Gasteiger partial charge is 0.0704 e. The average Bonchev–Trinajstić information content (AvgIpc) is 2.95. The highest BCUT2D eigenvalue weighted by Gasteiger charge is 2.21. The van der Waals surface area contributed by atoms with Crippen molar-refractivity contribution in [3.8, 4) is 0 Å². The Morgan fingerprint density at radius 2 is 2.11 bits per heavy atom. The zero-order valence-corrected chi connectivity index (χ0v) is 15.2. The van der Waals surface area contributed by atoms with Gasteiger partial charge in [-0.05, 0) is 81.3 Å². The molecule has 0 saturated carbocycles. The number of aryl methyl sites for hydroxylation is 1. The predicted octanol–water partition coefficient (Wildman–Crippen LogP) is 5.54. The fraction of sp³-hybridized carbons (Fsp3) is 0.429. The molecule has 0 amide bonds. The third kappa shape index (κ3) is 3.50. The maximum Gasteiger partial charge on any atom is 0.0704 e. The zero-order valence-electron chi connectivity index (χ0n) is 10.4. The van der Waals surface area contributed by atoms with Crippen LogP contribution in [0.4, 0.5) is 0 Å². The lowest BCUT2D eigenvalue weighted by molar-refractivity contribution is 0.467. The number of fused-ring (bicyclic) bond motifs is 1. The molecule has 0 fully saturated rings. The van der Waals surface area contributed by atoms with Gasteiger partial charge < -0.3 is 5.32 Å². The van der Waals surface area contributed by atoms with Crippen molar-refractivity contribution in [3.63, 3.8) is 0 Å². The molecule has 1 nitrogen and oxygen atoms in total.